The highest BCUT2D eigenvalue weighted by molar-refractivity contribution is 7.21. The third-order valence-corrected chi connectivity index (χ3v) is 6.72. The van der Waals surface area contributed by atoms with Gasteiger partial charge in [0.05, 0.1) is 17.0 Å². The average Bonchev–Trinajstić information content (AvgIpc) is 3.55. The fraction of sp³-hybridized carbons (Fsp3) is 0.238. The van der Waals surface area contributed by atoms with Crippen LogP contribution in [0.5, 0.6) is 0 Å². The number of aromatic nitrogens is 3. The quantitative estimate of drug-likeness (QED) is 0.236. The zero-order valence-electron chi connectivity index (χ0n) is 18.3. The minimum absolute atomic E-state index is 0.0135. The van der Waals surface area contributed by atoms with Gasteiger partial charge in [0.15, 0.2) is 0 Å². The number of alkyl halides is 6. The van der Waals surface area contributed by atoms with E-state index in [4.69, 9.17) is 21.8 Å². The molecule has 37 heavy (non-hydrogen) atoms. The second kappa shape index (κ2) is 10.0. The van der Waals surface area contributed by atoms with Crippen LogP contribution in [0.2, 0.25) is 5.02 Å². The van der Waals surface area contributed by atoms with Gasteiger partial charge in [-0.15, -0.1) is 11.3 Å². The molecule has 1 unspecified atom stereocenters. The van der Waals surface area contributed by atoms with Crippen LogP contribution in [0.1, 0.15) is 59.0 Å². The summed E-state index contributed by atoms with van der Waals surface area (Å²) in [4.78, 5) is 28.7. The van der Waals surface area contributed by atoms with Crippen molar-refractivity contribution in [3.8, 4) is 11.3 Å². The number of rotatable bonds is 8. The van der Waals surface area contributed by atoms with Gasteiger partial charge in [-0.2, -0.15) is 5.10 Å². The number of hydrogen-bond donors (Lipinski definition) is 2. The molecule has 4 rings (SSSR count). The molecule has 0 radical (unpaired) electrons. The van der Waals surface area contributed by atoms with Gasteiger partial charge in [0, 0.05) is 10.9 Å². The summed E-state index contributed by atoms with van der Waals surface area (Å²) in [5.41, 5.74) is 2.32. The standard InChI is InChI=1S/C21H14ClF6N5O3S/c1-6(33-14(18(27)28)11(22)13(32-33)17(25)26)20(35)31-12-10-7(9-3-2-4-36-9)5-8(16(23)24)30-21(10)37-15(12)19(29)34/h2-6,16-18H,1H3,(H2,29,34)(H,31,35). The largest absolute Gasteiger partial charge is 0.464 e. The highest BCUT2D eigenvalue weighted by Crippen LogP contribution is 2.43. The Bertz CT molecular complexity index is 1490. The van der Waals surface area contributed by atoms with Crippen molar-refractivity contribution in [3.05, 3.63) is 51.4 Å². The molecule has 0 aliphatic heterocycles. The molecule has 3 N–H and O–H groups in total. The van der Waals surface area contributed by atoms with E-state index in [1.54, 1.807) is 0 Å². The van der Waals surface area contributed by atoms with Gasteiger partial charge in [0.1, 0.15) is 38.6 Å². The minimum atomic E-state index is -3.35. The molecule has 4 aromatic heterocycles. The van der Waals surface area contributed by atoms with Crippen molar-refractivity contribution >= 4 is 50.7 Å². The summed E-state index contributed by atoms with van der Waals surface area (Å²) < 4.78 is 86.3. The number of nitrogens with two attached hydrogens (primary N) is 1. The van der Waals surface area contributed by atoms with E-state index in [0.29, 0.717) is 16.0 Å². The molecule has 1 atom stereocenters. The van der Waals surface area contributed by atoms with Crippen LogP contribution in [0.15, 0.2) is 28.9 Å². The van der Waals surface area contributed by atoms with Crippen molar-refractivity contribution in [2.75, 3.05) is 5.32 Å². The first-order valence-electron chi connectivity index (χ1n) is 10.2. The number of nitrogens with one attached hydrogen (secondary N) is 1. The summed E-state index contributed by atoms with van der Waals surface area (Å²) >= 11 is 6.26. The molecule has 0 aliphatic carbocycles. The van der Waals surface area contributed by atoms with E-state index in [9.17, 15) is 35.9 Å². The third-order valence-electron chi connectivity index (χ3n) is 5.24. The lowest BCUT2D eigenvalue weighted by atomic mass is 10.1. The molecule has 0 saturated heterocycles. The fourth-order valence-electron chi connectivity index (χ4n) is 3.56. The average molecular weight is 566 g/mol. The molecule has 196 valence electrons. The number of furan rings is 1. The fourth-order valence-corrected chi connectivity index (χ4v) is 4.87. The highest BCUT2D eigenvalue weighted by Gasteiger charge is 2.33. The number of hydrogen-bond acceptors (Lipinski definition) is 6. The molecular formula is C21H14ClF6N5O3S. The first-order valence-corrected chi connectivity index (χ1v) is 11.4. The van der Waals surface area contributed by atoms with E-state index in [0.717, 1.165) is 13.0 Å². The summed E-state index contributed by atoms with van der Waals surface area (Å²) in [5, 5.41) is 4.76. The molecular weight excluding hydrogens is 552 g/mol. The van der Waals surface area contributed by atoms with E-state index in [-0.39, 0.29) is 32.1 Å². The maximum Gasteiger partial charge on any atom is 0.283 e. The van der Waals surface area contributed by atoms with Crippen molar-refractivity contribution in [1.29, 1.82) is 0 Å². The Labute approximate surface area is 212 Å². The molecule has 0 aromatic carbocycles. The van der Waals surface area contributed by atoms with Crippen LogP contribution in [0.3, 0.4) is 0 Å². The van der Waals surface area contributed by atoms with Crippen LogP contribution in [0.4, 0.5) is 32.0 Å². The van der Waals surface area contributed by atoms with Gasteiger partial charge in [-0.05, 0) is 25.1 Å². The summed E-state index contributed by atoms with van der Waals surface area (Å²) in [6, 6.07) is 2.27. The first kappa shape index (κ1) is 26.5. The van der Waals surface area contributed by atoms with Gasteiger partial charge in [-0.25, -0.2) is 36.0 Å². The monoisotopic (exact) mass is 565 g/mol. The molecule has 16 heteroatoms. The molecule has 0 saturated carbocycles. The zero-order valence-corrected chi connectivity index (χ0v) is 19.9. The highest BCUT2D eigenvalue weighted by atomic mass is 35.5. The van der Waals surface area contributed by atoms with Gasteiger partial charge in [-0.3, -0.25) is 9.59 Å². The SMILES string of the molecule is CC(C(=O)Nc1c(C(N)=O)sc2nc(C(F)F)cc(-c3ccco3)c12)n1nc(C(F)F)c(Cl)c1C(F)F. The molecule has 0 bridgehead atoms. The Morgan fingerprint density at radius 3 is 2.41 bits per heavy atom. The van der Waals surface area contributed by atoms with Crippen LogP contribution in [0, 0.1) is 0 Å². The topological polar surface area (TPSA) is 116 Å². The Morgan fingerprint density at radius 2 is 1.86 bits per heavy atom. The van der Waals surface area contributed by atoms with Crippen molar-refractivity contribution < 1.29 is 40.3 Å². The lowest BCUT2D eigenvalue weighted by molar-refractivity contribution is -0.119. The van der Waals surface area contributed by atoms with Crippen molar-refractivity contribution in [2.45, 2.75) is 32.2 Å². The number of pyridine rings is 1. The van der Waals surface area contributed by atoms with Crippen molar-refractivity contribution in [2.24, 2.45) is 5.73 Å². The second-order valence-electron chi connectivity index (χ2n) is 7.52. The van der Waals surface area contributed by atoms with Gasteiger partial charge in [0.25, 0.3) is 25.2 Å². The predicted molar refractivity (Wildman–Crippen MR) is 121 cm³/mol. The summed E-state index contributed by atoms with van der Waals surface area (Å²) in [5.74, 6) is -2.04. The Morgan fingerprint density at radius 1 is 1.16 bits per heavy atom. The molecule has 8 nitrogen and oxygen atoms in total. The van der Waals surface area contributed by atoms with Gasteiger partial charge in [0.2, 0.25) is 5.91 Å². The molecule has 2 amide bonds. The molecule has 0 spiro atoms. The maximum absolute atomic E-state index is 13.6. The van der Waals surface area contributed by atoms with Crippen molar-refractivity contribution in [1.82, 2.24) is 14.8 Å². The number of carbonyl (C=O) groups excluding carboxylic acids is 2. The normalized spacial score (nSPS) is 12.7. The smallest absolute Gasteiger partial charge is 0.283 e. The number of thiophene rings is 1. The van der Waals surface area contributed by atoms with E-state index in [1.165, 1.54) is 18.4 Å². The minimum Gasteiger partial charge on any atom is -0.464 e. The van der Waals surface area contributed by atoms with E-state index in [2.05, 4.69) is 15.4 Å². The molecule has 0 fully saturated rings. The Hall–Kier alpha value is -3.59. The Balaban J connectivity index is 1.86. The summed E-state index contributed by atoms with van der Waals surface area (Å²) in [7, 11) is 0. The van der Waals surface area contributed by atoms with E-state index < -0.39 is 59.2 Å². The summed E-state index contributed by atoms with van der Waals surface area (Å²) in [6.07, 6.45) is -8.38. The molecule has 0 aliphatic rings. The second-order valence-corrected chi connectivity index (χ2v) is 8.90. The van der Waals surface area contributed by atoms with E-state index in [1.807, 2.05) is 0 Å². The molecule has 4 heterocycles. The van der Waals surface area contributed by atoms with Crippen molar-refractivity contribution in [3.63, 3.8) is 0 Å². The number of anilines is 1. The van der Waals surface area contributed by atoms with Crippen LogP contribution in [-0.4, -0.2) is 26.6 Å². The van der Waals surface area contributed by atoms with Crippen LogP contribution < -0.4 is 11.1 Å². The maximum atomic E-state index is 13.6. The van der Waals surface area contributed by atoms with Crippen LogP contribution >= 0.6 is 22.9 Å². The number of halogens is 7. The number of carbonyl (C=O) groups is 2. The van der Waals surface area contributed by atoms with E-state index >= 15 is 0 Å². The number of fused-ring (bicyclic) bond motifs is 1. The first-order chi connectivity index (χ1) is 17.4. The molecule has 4 aromatic rings. The van der Waals surface area contributed by atoms with Crippen LogP contribution in [0.25, 0.3) is 21.5 Å². The summed E-state index contributed by atoms with van der Waals surface area (Å²) in [6.45, 7) is 1.08. The zero-order chi connectivity index (χ0) is 27.2. The predicted octanol–water partition coefficient (Wildman–Crippen LogP) is 6.52. The number of nitrogens with zero attached hydrogens (tertiary/aromatic N) is 3. The number of primary amides is 1. The van der Waals surface area contributed by atoms with Gasteiger partial charge in [-0.1, -0.05) is 11.6 Å². The van der Waals surface area contributed by atoms with Crippen LogP contribution in [-0.2, 0) is 4.79 Å². The lowest BCUT2D eigenvalue weighted by Gasteiger charge is -2.16. The number of amides is 2. The van der Waals surface area contributed by atoms with Gasteiger partial charge >= 0.3 is 0 Å². The Kier molecular flexibility index (Phi) is 7.19. The lowest BCUT2D eigenvalue weighted by Crippen LogP contribution is -2.27. The third kappa shape index (κ3) is 4.75. The van der Waals surface area contributed by atoms with Gasteiger partial charge < -0.3 is 15.5 Å².